The average Bonchev–Trinajstić information content (AvgIpc) is 3.51. The van der Waals surface area contributed by atoms with Gasteiger partial charge in [-0.25, -0.2) is 14.6 Å². The van der Waals surface area contributed by atoms with E-state index in [1.165, 1.54) is 0 Å². The number of ether oxygens (including phenoxy) is 2. The summed E-state index contributed by atoms with van der Waals surface area (Å²) in [6, 6.07) is 18.0. The quantitative estimate of drug-likeness (QED) is 0.264. The van der Waals surface area contributed by atoms with Crippen LogP contribution in [0.4, 0.5) is 10.5 Å². The molecule has 1 aromatic heterocycles. The van der Waals surface area contributed by atoms with Crippen LogP contribution in [0.5, 0.6) is 5.75 Å². The fourth-order valence-electron chi connectivity index (χ4n) is 4.73. The van der Waals surface area contributed by atoms with Gasteiger partial charge in [-0.3, -0.25) is 9.69 Å². The molecular weight excluding hydrogens is 508 g/mol. The molecule has 40 heavy (non-hydrogen) atoms. The number of hydrogen-bond acceptors (Lipinski definition) is 6. The lowest BCUT2D eigenvalue weighted by Crippen LogP contribution is -2.43. The van der Waals surface area contributed by atoms with Crippen LogP contribution < -0.4 is 10.1 Å². The van der Waals surface area contributed by atoms with Gasteiger partial charge in [0.15, 0.2) is 11.3 Å². The summed E-state index contributed by atoms with van der Waals surface area (Å²) in [5.41, 5.74) is 4.04. The second-order valence-corrected chi connectivity index (χ2v) is 10.5. The molecule has 2 heterocycles. The number of benzene rings is 3. The van der Waals surface area contributed by atoms with Crippen molar-refractivity contribution in [3.63, 3.8) is 0 Å². The number of oxazole rings is 1. The van der Waals surface area contributed by atoms with Gasteiger partial charge in [0.1, 0.15) is 11.4 Å². The number of carbonyl (C=O) groups excluding carboxylic acids is 2. The van der Waals surface area contributed by atoms with E-state index in [1.807, 2.05) is 44.2 Å². The number of amides is 2. The lowest BCUT2D eigenvalue weighted by Gasteiger charge is -2.22. The van der Waals surface area contributed by atoms with E-state index in [1.54, 1.807) is 49.3 Å². The highest BCUT2D eigenvalue weighted by molar-refractivity contribution is 5.94. The van der Waals surface area contributed by atoms with Crippen LogP contribution >= 0.6 is 0 Å². The van der Waals surface area contributed by atoms with E-state index in [2.05, 4.69) is 15.1 Å². The minimum Gasteiger partial charge on any atom is -0.497 e. The Hall–Kier alpha value is -4.84. The van der Waals surface area contributed by atoms with Crippen LogP contribution in [0.15, 0.2) is 65.1 Å². The van der Waals surface area contributed by atoms with E-state index in [4.69, 9.17) is 20.5 Å². The molecule has 0 saturated carbocycles. The van der Waals surface area contributed by atoms with Crippen molar-refractivity contribution in [2.45, 2.75) is 38.8 Å². The summed E-state index contributed by atoms with van der Waals surface area (Å²) in [6.07, 6.45) is -0.417. The molecule has 1 aliphatic heterocycles. The molecule has 4 aromatic rings. The Morgan fingerprint density at radius 2 is 1.90 bits per heavy atom. The van der Waals surface area contributed by atoms with Crippen LogP contribution in [0.1, 0.15) is 48.2 Å². The van der Waals surface area contributed by atoms with Gasteiger partial charge in [-0.2, -0.15) is 0 Å². The van der Waals surface area contributed by atoms with Crippen molar-refractivity contribution < 1.29 is 23.5 Å². The summed E-state index contributed by atoms with van der Waals surface area (Å²) in [6.45, 7) is 14.2. The Kier molecular flexibility index (Phi) is 7.18. The average molecular weight is 539 g/mol. The molecule has 1 atom stereocenters. The summed E-state index contributed by atoms with van der Waals surface area (Å²) < 4.78 is 16.9. The Balaban J connectivity index is 1.23. The van der Waals surface area contributed by atoms with Crippen molar-refractivity contribution in [2.75, 3.05) is 20.2 Å². The van der Waals surface area contributed by atoms with Crippen molar-refractivity contribution >= 4 is 28.8 Å². The molecule has 1 N–H and O–H groups in total. The lowest BCUT2D eigenvalue weighted by molar-refractivity contribution is 0.0651. The van der Waals surface area contributed by atoms with Gasteiger partial charge in [0.05, 0.1) is 32.3 Å². The van der Waals surface area contributed by atoms with Crippen LogP contribution in [-0.4, -0.2) is 47.7 Å². The van der Waals surface area contributed by atoms with Crippen molar-refractivity contribution in [2.24, 2.45) is 0 Å². The van der Waals surface area contributed by atoms with Crippen molar-refractivity contribution in [1.82, 2.24) is 15.2 Å². The van der Waals surface area contributed by atoms with Gasteiger partial charge < -0.3 is 19.2 Å². The number of aromatic nitrogens is 1. The molecule has 1 saturated heterocycles. The molecule has 2 amide bonds. The van der Waals surface area contributed by atoms with Crippen LogP contribution in [0, 0.1) is 6.57 Å². The first-order valence-electron chi connectivity index (χ1n) is 13.0. The largest absolute Gasteiger partial charge is 0.497 e. The van der Waals surface area contributed by atoms with E-state index in [0.717, 1.165) is 22.4 Å². The summed E-state index contributed by atoms with van der Waals surface area (Å²) in [5, 5.41) is 2.89. The molecule has 1 aliphatic rings. The number of rotatable bonds is 8. The summed E-state index contributed by atoms with van der Waals surface area (Å²) >= 11 is 0. The molecule has 0 spiro atoms. The Morgan fingerprint density at radius 1 is 1.18 bits per heavy atom. The Bertz CT molecular complexity index is 1600. The Labute approximate surface area is 232 Å². The van der Waals surface area contributed by atoms with Gasteiger partial charge in [-0.15, -0.1) is 0 Å². The van der Waals surface area contributed by atoms with E-state index < -0.39 is 11.7 Å². The smallest absolute Gasteiger partial charge is 0.410 e. The van der Waals surface area contributed by atoms with Gasteiger partial charge >= 0.3 is 6.09 Å². The lowest BCUT2D eigenvalue weighted by atomic mass is 10.0. The fourth-order valence-corrected chi connectivity index (χ4v) is 4.73. The van der Waals surface area contributed by atoms with E-state index in [9.17, 15) is 9.59 Å². The molecule has 9 heteroatoms. The van der Waals surface area contributed by atoms with Crippen molar-refractivity contribution in [1.29, 1.82) is 0 Å². The third-order valence-corrected chi connectivity index (χ3v) is 6.92. The Morgan fingerprint density at radius 3 is 2.55 bits per heavy atom. The number of methoxy groups -OCH3 is 1. The third-order valence-electron chi connectivity index (χ3n) is 6.92. The number of nitrogens with one attached hydrogen (secondary N) is 1. The molecule has 204 valence electrons. The van der Waals surface area contributed by atoms with Gasteiger partial charge in [0.2, 0.25) is 5.89 Å². The highest BCUT2D eigenvalue weighted by Crippen LogP contribution is 2.34. The summed E-state index contributed by atoms with van der Waals surface area (Å²) in [7, 11) is 1.61. The first-order valence-corrected chi connectivity index (χ1v) is 13.0. The number of carbonyl (C=O) groups is 2. The van der Waals surface area contributed by atoms with E-state index in [0.29, 0.717) is 41.3 Å². The zero-order chi connectivity index (χ0) is 28.4. The number of fused-ring (bicyclic) bond motifs is 1. The maximum Gasteiger partial charge on any atom is 0.410 e. The van der Waals surface area contributed by atoms with Crippen molar-refractivity contribution in [3.8, 4) is 17.2 Å². The molecule has 5 rings (SSSR count). The molecule has 0 radical (unpaired) electrons. The summed E-state index contributed by atoms with van der Waals surface area (Å²) in [5.74, 6) is 1.07. The molecular formula is C31H30N4O5. The molecule has 1 fully saturated rings. The number of hydrogen-bond donors (Lipinski definition) is 1. The third kappa shape index (κ3) is 5.47. The SMILES string of the molecule is [C-]#[N+]c1cc(C(C)C)c2oc(-c3ccc(C(=O)NCC4(C)CN(Cc5ccc(OC)cc5)C(=O)O4)cc3)nc2c1. The topological polar surface area (TPSA) is 98.3 Å². The molecule has 0 bridgehead atoms. The molecule has 9 nitrogen and oxygen atoms in total. The monoisotopic (exact) mass is 538 g/mol. The second-order valence-electron chi connectivity index (χ2n) is 10.5. The minimum absolute atomic E-state index is 0.172. The fraction of sp³-hybridized carbons (Fsp3) is 0.290. The molecule has 1 unspecified atom stereocenters. The normalized spacial score (nSPS) is 16.7. The van der Waals surface area contributed by atoms with Crippen molar-refractivity contribution in [3.05, 3.63) is 88.8 Å². The van der Waals surface area contributed by atoms with E-state index >= 15 is 0 Å². The first kappa shape index (κ1) is 26.8. The molecule has 0 aliphatic carbocycles. The highest BCUT2D eigenvalue weighted by atomic mass is 16.6. The predicted octanol–water partition coefficient (Wildman–Crippen LogP) is 6.32. The van der Waals surface area contributed by atoms with Crippen LogP contribution in [-0.2, 0) is 11.3 Å². The zero-order valence-corrected chi connectivity index (χ0v) is 22.9. The standard InChI is InChI=1S/C31H30N4O5/c1-19(2)25-14-23(32-4)15-26-27(25)39-29(34-26)22-10-8-21(9-11-22)28(36)33-17-31(3)18-35(30(37)40-31)16-20-6-12-24(38-5)13-7-20/h6-15,19H,16-18H2,1-3,5H3,(H,33,36). The number of nitrogens with zero attached hydrogens (tertiary/aromatic N) is 3. The molecule has 3 aromatic carbocycles. The highest BCUT2D eigenvalue weighted by Gasteiger charge is 2.41. The van der Waals surface area contributed by atoms with Gasteiger partial charge in [0, 0.05) is 17.7 Å². The second kappa shape index (κ2) is 10.7. The first-order chi connectivity index (χ1) is 19.2. The maximum atomic E-state index is 12.9. The van der Waals surface area contributed by atoms with Gasteiger partial charge in [-0.1, -0.05) is 26.0 Å². The predicted molar refractivity (Wildman–Crippen MR) is 150 cm³/mol. The van der Waals surface area contributed by atoms with Gasteiger partial charge in [-0.05, 0) is 72.5 Å². The summed E-state index contributed by atoms with van der Waals surface area (Å²) in [4.78, 5) is 35.2. The maximum absolute atomic E-state index is 12.9. The van der Waals surface area contributed by atoms with Crippen LogP contribution in [0.2, 0.25) is 0 Å². The zero-order valence-electron chi connectivity index (χ0n) is 22.9. The van der Waals surface area contributed by atoms with Crippen LogP contribution in [0.3, 0.4) is 0 Å². The number of cyclic esters (lactones) is 1. The minimum atomic E-state index is -0.852. The van der Waals surface area contributed by atoms with E-state index in [-0.39, 0.29) is 18.4 Å². The van der Waals surface area contributed by atoms with Crippen LogP contribution in [0.25, 0.3) is 27.4 Å². The van der Waals surface area contributed by atoms with Gasteiger partial charge in [0.25, 0.3) is 5.91 Å².